The van der Waals surface area contributed by atoms with Crippen molar-refractivity contribution in [1.29, 1.82) is 0 Å². The highest BCUT2D eigenvalue weighted by Gasteiger charge is 2.28. The lowest BCUT2D eigenvalue weighted by molar-refractivity contribution is -0.118. The van der Waals surface area contributed by atoms with Crippen molar-refractivity contribution >= 4 is 23.9 Å². The van der Waals surface area contributed by atoms with E-state index in [9.17, 15) is 4.79 Å². The van der Waals surface area contributed by atoms with Crippen LogP contribution in [0.4, 0.5) is 0 Å². The number of hydrogen-bond donors (Lipinski definition) is 1. The average molecular weight is 431 g/mol. The number of thioether (sulfide) groups is 1. The second-order valence-electron chi connectivity index (χ2n) is 7.43. The molecule has 3 aromatic rings. The van der Waals surface area contributed by atoms with Gasteiger partial charge in [0, 0.05) is 0 Å². The number of benzene rings is 3. The lowest BCUT2D eigenvalue weighted by Gasteiger charge is -2.12. The zero-order chi connectivity index (χ0) is 21.5. The van der Waals surface area contributed by atoms with Crippen LogP contribution in [0.2, 0.25) is 0 Å². The fraction of sp³-hybridized carbons (Fsp3) is 0.231. The summed E-state index contributed by atoms with van der Waals surface area (Å²) in [5, 5.41) is 4.27. The Hall–Kier alpha value is -3.05. The van der Waals surface area contributed by atoms with E-state index in [0.717, 1.165) is 30.8 Å². The molecular formula is C26H26N2O2S. The number of fused-ring (bicyclic) bond motifs is 3. The summed E-state index contributed by atoms with van der Waals surface area (Å²) in [6.07, 6.45) is 3.81. The second kappa shape index (κ2) is 10.3. The van der Waals surface area contributed by atoms with Crippen LogP contribution in [0, 0.1) is 0 Å². The summed E-state index contributed by atoms with van der Waals surface area (Å²) in [5.74, 6) is 1.08. The number of rotatable bonds is 9. The third-order valence-electron chi connectivity index (χ3n) is 5.21. The molecule has 0 aliphatic heterocycles. The van der Waals surface area contributed by atoms with Crippen molar-refractivity contribution in [3.05, 3.63) is 89.5 Å². The highest BCUT2D eigenvalue weighted by atomic mass is 32.2. The monoisotopic (exact) mass is 430 g/mol. The first-order valence-electron chi connectivity index (χ1n) is 10.6. The van der Waals surface area contributed by atoms with Crippen molar-refractivity contribution in [3.8, 4) is 16.9 Å². The van der Waals surface area contributed by atoms with Crippen molar-refractivity contribution in [2.75, 3.05) is 12.4 Å². The molecule has 1 amide bonds. The number of hydrazone groups is 1. The molecule has 0 fully saturated rings. The van der Waals surface area contributed by atoms with E-state index in [-0.39, 0.29) is 11.2 Å². The Labute approximate surface area is 187 Å². The Balaban J connectivity index is 1.30. The highest BCUT2D eigenvalue weighted by molar-refractivity contribution is 8.00. The molecule has 0 atom stereocenters. The molecule has 3 aromatic carbocycles. The smallest absolute Gasteiger partial charge is 0.250 e. The van der Waals surface area contributed by atoms with Gasteiger partial charge in [0.1, 0.15) is 5.75 Å². The molecule has 158 valence electrons. The molecule has 1 aliphatic carbocycles. The van der Waals surface area contributed by atoms with Crippen LogP contribution in [0.25, 0.3) is 11.1 Å². The number of unbranched alkanes of at least 4 members (excludes halogenated alkanes) is 1. The lowest BCUT2D eigenvalue weighted by atomic mass is 10.1. The summed E-state index contributed by atoms with van der Waals surface area (Å²) >= 11 is 1.63. The third-order valence-corrected chi connectivity index (χ3v) is 6.48. The van der Waals surface area contributed by atoms with Gasteiger partial charge in [-0.1, -0.05) is 61.9 Å². The predicted molar refractivity (Wildman–Crippen MR) is 129 cm³/mol. The van der Waals surface area contributed by atoms with E-state index < -0.39 is 0 Å². The molecule has 0 bridgehead atoms. The predicted octanol–water partition coefficient (Wildman–Crippen LogP) is 5.82. The molecule has 0 aromatic heterocycles. The minimum absolute atomic E-state index is 0.109. The molecule has 1 aliphatic rings. The SMILES string of the molecule is CCCCOc1ccc(/C=N/NC(=O)CSC2c3ccccc3-c3ccccc32)cc1. The van der Waals surface area contributed by atoms with E-state index >= 15 is 0 Å². The Bertz CT molecular complexity index is 1020. The molecule has 1 N–H and O–H groups in total. The number of amides is 1. The molecule has 0 radical (unpaired) electrons. The molecule has 5 heteroatoms. The van der Waals surface area contributed by atoms with Gasteiger partial charge in [-0.15, -0.1) is 11.8 Å². The molecule has 0 heterocycles. The first-order chi connectivity index (χ1) is 15.3. The van der Waals surface area contributed by atoms with Gasteiger partial charge in [0.25, 0.3) is 0 Å². The topological polar surface area (TPSA) is 50.7 Å². The van der Waals surface area contributed by atoms with Crippen molar-refractivity contribution in [1.82, 2.24) is 5.43 Å². The van der Waals surface area contributed by atoms with Gasteiger partial charge in [0.05, 0.1) is 23.8 Å². The van der Waals surface area contributed by atoms with E-state index in [1.165, 1.54) is 22.3 Å². The maximum absolute atomic E-state index is 12.3. The molecule has 4 rings (SSSR count). The molecule has 4 nitrogen and oxygen atoms in total. The summed E-state index contributed by atoms with van der Waals surface area (Å²) in [6, 6.07) is 24.5. The van der Waals surface area contributed by atoms with E-state index in [0.29, 0.717) is 5.75 Å². The first-order valence-corrected chi connectivity index (χ1v) is 11.7. The lowest BCUT2D eigenvalue weighted by Crippen LogP contribution is -2.20. The normalized spacial score (nSPS) is 12.5. The summed E-state index contributed by atoms with van der Waals surface area (Å²) in [5.41, 5.74) is 8.61. The van der Waals surface area contributed by atoms with Crippen molar-refractivity contribution in [3.63, 3.8) is 0 Å². The van der Waals surface area contributed by atoms with Gasteiger partial charge in [-0.3, -0.25) is 4.79 Å². The number of ether oxygens (including phenoxy) is 1. The average Bonchev–Trinajstić information content (AvgIpc) is 3.13. The number of nitrogens with zero attached hydrogens (tertiary/aromatic N) is 1. The van der Waals surface area contributed by atoms with E-state index in [1.54, 1.807) is 18.0 Å². The zero-order valence-electron chi connectivity index (χ0n) is 17.6. The van der Waals surface area contributed by atoms with Crippen molar-refractivity contribution in [2.24, 2.45) is 5.10 Å². The molecular weight excluding hydrogens is 404 g/mol. The summed E-state index contributed by atoms with van der Waals surface area (Å²) < 4.78 is 5.66. The second-order valence-corrected chi connectivity index (χ2v) is 8.52. The zero-order valence-corrected chi connectivity index (χ0v) is 18.4. The van der Waals surface area contributed by atoms with Crippen LogP contribution in [0.1, 0.15) is 41.7 Å². The largest absolute Gasteiger partial charge is 0.494 e. The Morgan fingerprint density at radius 2 is 1.65 bits per heavy atom. The maximum Gasteiger partial charge on any atom is 0.250 e. The van der Waals surface area contributed by atoms with E-state index in [2.05, 4.69) is 66.0 Å². The van der Waals surface area contributed by atoms with Gasteiger partial charge >= 0.3 is 0 Å². The van der Waals surface area contributed by atoms with Crippen LogP contribution in [0.15, 0.2) is 77.9 Å². The number of hydrogen-bond acceptors (Lipinski definition) is 4. The van der Waals surface area contributed by atoms with Gasteiger partial charge in [-0.05, 0) is 58.5 Å². The number of carbonyl (C=O) groups is 1. The van der Waals surface area contributed by atoms with Gasteiger partial charge in [-0.25, -0.2) is 5.43 Å². The molecule has 0 saturated carbocycles. The maximum atomic E-state index is 12.3. The minimum Gasteiger partial charge on any atom is -0.494 e. The highest BCUT2D eigenvalue weighted by Crippen LogP contribution is 2.49. The fourth-order valence-electron chi connectivity index (χ4n) is 3.64. The van der Waals surface area contributed by atoms with Crippen LogP contribution >= 0.6 is 11.8 Å². The Morgan fingerprint density at radius 3 is 2.29 bits per heavy atom. The first kappa shape index (κ1) is 21.2. The molecule has 0 unspecified atom stereocenters. The summed E-state index contributed by atoms with van der Waals surface area (Å²) in [4.78, 5) is 12.3. The van der Waals surface area contributed by atoms with Crippen LogP contribution in [0.5, 0.6) is 5.75 Å². The van der Waals surface area contributed by atoms with Gasteiger partial charge in [-0.2, -0.15) is 5.10 Å². The van der Waals surface area contributed by atoms with Crippen LogP contribution < -0.4 is 10.2 Å². The standard InChI is InChI=1S/C26H26N2O2S/c1-2-3-16-30-20-14-12-19(13-15-20)17-27-28-25(29)18-31-26-23-10-6-4-8-21(23)22-9-5-7-11-24(22)26/h4-15,17,26H,2-3,16,18H2,1H3,(H,28,29)/b27-17+. The molecule has 31 heavy (non-hydrogen) atoms. The van der Waals surface area contributed by atoms with Gasteiger partial charge < -0.3 is 4.74 Å². The van der Waals surface area contributed by atoms with Crippen molar-refractivity contribution in [2.45, 2.75) is 25.0 Å². The van der Waals surface area contributed by atoms with Crippen LogP contribution in [0.3, 0.4) is 0 Å². The Kier molecular flexibility index (Phi) is 7.05. The minimum atomic E-state index is -0.109. The quantitative estimate of drug-likeness (QED) is 0.264. The fourth-order valence-corrected chi connectivity index (χ4v) is 4.80. The summed E-state index contributed by atoms with van der Waals surface area (Å²) in [7, 11) is 0. The molecule has 0 spiro atoms. The number of nitrogens with one attached hydrogen (secondary N) is 1. The van der Waals surface area contributed by atoms with E-state index in [4.69, 9.17) is 4.74 Å². The van der Waals surface area contributed by atoms with Gasteiger partial charge in [0.2, 0.25) is 5.91 Å². The van der Waals surface area contributed by atoms with Crippen LogP contribution in [-0.2, 0) is 4.79 Å². The number of carbonyl (C=O) groups excluding carboxylic acids is 1. The van der Waals surface area contributed by atoms with Crippen LogP contribution in [-0.4, -0.2) is 24.5 Å². The molecule has 0 saturated heterocycles. The summed E-state index contributed by atoms with van der Waals surface area (Å²) in [6.45, 7) is 2.87. The Morgan fingerprint density at radius 1 is 1.00 bits per heavy atom. The van der Waals surface area contributed by atoms with Crippen molar-refractivity contribution < 1.29 is 9.53 Å². The van der Waals surface area contributed by atoms with E-state index in [1.807, 2.05) is 24.3 Å². The van der Waals surface area contributed by atoms with Gasteiger partial charge in [0.15, 0.2) is 0 Å². The third kappa shape index (κ3) is 5.17.